The zero-order valence-electron chi connectivity index (χ0n) is 11.3. The summed E-state index contributed by atoms with van der Waals surface area (Å²) in [7, 11) is 0. The Labute approximate surface area is 116 Å². The highest BCUT2D eigenvalue weighted by Gasteiger charge is 2.30. The van der Waals surface area contributed by atoms with Crippen molar-refractivity contribution in [3.8, 4) is 6.07 Å². The number of halogens is 1. The van der Waals surface area contributed by atoms with Crippen LogP contribution in [0.3, 0.4) is 0 Å². The molecule has 0 spiro atoms. The van der Waals surface area contributed by atoms with Crippen molar-refractivity contribution >= 4 is 29.2 Å². The molecule has 6 heteroatoms. The van der Waals surface area contributed by atoms with Crippen molar-refractivity contribution in [2.24, 2.45) is 5.41 Å². The van der Waals surface area contributed by atoms with Gasteiger partial charge in [-0.2, -0.15) is 5.26 Å². The topological polar surface area (TPSA) is 83.1 Å². The number of rotatable bonds is 4. The second kappa shape index (κ2) is 5.45. The highest BCUT2D eigenvalue weighted by molar-refractivity contribution is 6.20. The van der Waals surface area contributed by atoms with Crippen LogP contribution in [0.4, 0.5) is 5.88 Å². The number of furan rings is 1. The number of aryl methyl sites for hydroxylation is 1. The second-order valence-corrected chi connectivity index (χ2v) is 5.14. The van der Waals surface area contributed by atoms with Gasteiger partial charge in [0, 0.05) is 5.88 Å². The molecule has 0 radical (unpaired) electrons. The minimum Gasteiger partial charge on any atom is -0.443 e. The molecule has 1 aromatic rings. The number of ketones is 1. The Kier molecular flexibility index (Phi) is 4.38. The SMILES string of the molecule is CC(=O)c1c(C)oc(NC(=O)C(C)(C)CCl)c1C#N. The molecule has 0 aliphatic rings. The number of nitrogens with zero attached hydrogens (tertiary/aromatic N) is 1. The number of nitrogens with one attached hydrogen (secondary N) is 1. The molecule has 1 rings (SSSR count). The Hall–Kier alpha value is -1.80. The number of hydrogen-bond acceptors (Lipinski definition) is 4. The molecule has 0 saturated carbocycles. The van der Waals surface area contributed by atoms with Crippen molar-refractivity contribution in [2.75, 3.05) is 11.2 Å². The average molecular weight is 283 g/mol. The lowest BCUT2D eigenvalue weighted by Crippen LogP contribution is -2.32. The predicted molar refractivity (Wildman–Crippen MR) is 71.3 cm³/mol. The largest absolute Gasteiger partial charge is 0.443 e. The first-order chi connectivity index (χ1) is 8.74. The van der Waals surface area contributed by atoms with Crippen LogP contribution >= 0.6 is 11.6 Å². The quantitative estimate of drug-likeness (QED) is 0.680. The van der Waals surface area contributed by atoms with Gasteiger partial charge in [-0.1, -0.05) is 0 Å². The van der Waals surface area contributed by atoms with Gasteiger partial charge in [-0.3, -0.25) is 14.9 Å². The van der Waals surface area contributed by atoms with Crippen molar-refractivity contribution in [2.45, 2.75) is 27.7 Å². The Balaban J connectivity index is 3.18. The van der Waals surface area contributed by atoms with E-state index >= 15 is 0 Å². The first-order valence-electron chi connectivity index (χ1n) is 5.66. The highest BCUT2D eigenvalue weighted by atomic mass is 35.5. The van der Waals surface area contributed by atoms with Gasteiger partial charge in [0.2, 0.25) is 11.8 Å². The fraction of sp³-hybridized carbons (Fsp3) is 0.462. The summed E-state index contributed by atoms with van der Waals surface area (Å²) in [6.07, 6.45) is 0. The normalized spacial score (nSPS) is 10.9. The molecule has 1 aromatic heterocycles. The lowest BCUT2D eigenvalue weighted by Gasteiger charge is -2.19. The molecule has 0 aliphatic carbocycles. The minimum atomic E-state index is -0.800. The monoisotopic (exact) mass is 282 g/mol. The van der Waals surface area contributed by atoms with Gasteiger partial charge in [-0.25, -0.2) is 0 Å². The van der Waals surface area contributed by atoms with Gasteiger partial charge in [0.05, 0.1) is 11.0 Å². The zero-order chi connectivity index (χ0) is 14.8. The maximum atomic E-state index is 12.0. The number of alkyl halides is 1. The summed E-state index contributed by atoms with van der Waals surface area (Å²) in [6, 6.07) is 1.88. The van der Waals surface area contributed by atoms with E-state index in [0.717, 1.165) is 0 Å². The molecule has 0 atom stereocenters. The summed E-state index contributed by atoms with van der Waals surface area (Å²) in [5.74, 6) is -0.228. The van der Waals surface area contributed by atoms with E-state index in [-0.39, 0.29) is 34.6 Å². The second-order valence-electron chi connectivity index (χ2n) is 4.88. The zero-order valence-corrected chi connectivity index (χ0v) is 12.0. The van der Waals surface area contributed by atoms with E-state index in [1.165, 1.54) is 6.92 Å². The molecule has 1 amide bonds. The van der Waals surface area contributed by atoms with Crippen LogP contribution < -0.4 is 5.32 Å². The van der Waals surface area contributed by atoms with Gasteiger partial charge in [0.1, 0.15) is 17.4 Å². The van der Waals surface area contributed by atoms with E-state index in [0.29, 0.717) is 5.76 Å². The van der Waals surface area contributed by atoms with Gasteiger partial charge in [-0.05, 0) is 27.7 Å². The van der Waals surface area contributed by atoms with Crippen LogP contribution in [0.2, 0.25) is 0 Å². The molecule has 1 N–H and O–H groups in total. The third-order valence-corrected chi connectivity index (χ3v) is 3.39. The molecular weight excluding hydrogens is 268 g/mol. The summed E-state index contributed by atoms with van der Waals surface area (Å²) in [6.45, 7) is 6.25. The standard InChI is InChI=1S/C13H15ClN2O3/c1-7(17)10-8(2)19-11(9(10)5-15)16-12(18)13(3,4)6-14/h6H2,1-4H3,(H,16,18). The number of amides is 1. The van der Waals surface area contributed by atoms with Crippen LogP contribution in [0.25, 0.3) is 0 Å². The molecule has 0 aliphatic heterocycles. The van der Waals surface area contributed by atoms with E-state index in [1.807, 2.05) is 6.07 Å². The molecule has 102 valence electrons. The summed E-state index contributed by atoms with van der Waals surface area (Å²) < 4.78 is 5.29. The van der Waals surface area contributed by atoms with E-state index in [4.69, 9.17) is 21.3 Å². The summed E-state index contributed by atoms with van der Waals surface area (Å²) in [4.78, 5) is 23.4. The van der Waals surface area contributed by atoms with Crippen LogP contribution in [0.1, 0.15) is 42.5 Å². The Morgan fingerprint density at radius 2 is 2.05 bits per heavy atom. The number of Topliss-reactive ketones (excluding diaryl/α,β-unsaturated/α-hetero) is 1. The van der Waals surface area contributed by atoms with Crippen LogP contribution in [0, 0.1) is 23.7 Å². The molecular formula is C13H15ClN2O3. The summed E-state index contributed by atoms with van der Waals surface area (Å²) >= 11 is 5.70. The Morgan fingerprint density at radius 1 is 1.47 bits per heavy atom. The van der Waals surface area contributed by atoms with Gasteiger partial charge in [-0.15, -0.1) is 11.6 Å². The molecule has 5 nitrogen and oxygen atoms in total. The fourth-order valence-electron chi connectivity index (χ4n) is 1.50. The Morgan fingerprint density at radius 3 is 2.47 bits per heavy atom. The van der Waals surface area contributed by atoms with Crippen molar-refractivity contribution in [1.29, 1.82) is 5.26 Å². The maximum Gasteiger partial charge on any atom is 0.233 e. The summed E-state index contributed by atoms with van der Waals surface area (Å²) in [5.41, 5.74) is -0.559. The molecule has 1 heterocycles. The van der Waals surface area contributed by atoms with E-state index in [2.05, 4.69) is 5.32 Å². The summed E-state index contributed by atoms with van der Waals surface area (Å²) in [5, 5.41) is 11.6. The lowest BCUT2D eigenvalue weighted by atomic mass is 9.95. The molecule has 0 bridgehead atoms. The van der Waals surface area contributed by atoms with E-state index < -0.39 is 5.41 Å². The van der Waals surface area contributed by atoms with Crippen LogP contribution in [-0.2, 0) is 4.79 Å². The number of anilines is 1. The highest BCUT2D eigenvalue weighted by Crippen LogP contribution is 2.28. The lowest BCUT2D eigenvalue weighted by molar-refractivity contribution is -0.123. The molecule has 0 fully saturated rings. The number of hydrogen-bond donors (Lipinski definition) is 1. The first kappa shape index (κ1) is 15.3. The molecule has 0 saturated heterocycles. The Bertz CT molecular complexity index is 567. The van der Waals surface area contributed by atoms with Gasteiger partial charge in [0.25, 0.3) is 0 Å². The van der Waals surface area contributed by atoms with Crippen molar-refractivity contribution < 1.29 is 14.0 Å². The van der Waals surface area contributed by atoms with Crippen molar-refractivity contribution in [1.82, 2.24) is 0 Å². The maximum absolute atomic E-state index is 12.0. The first-order valence-corrected chi connectivity index (χ1v) is 6.20. The number of carbonyl (C=O) groups is 2. The van der Waals surface area contributed by atoms with Crippen LogP contribution in [-0.4, -0.2) is 17.6 Å². The van der Waals surface area contributed by atoms with Crippen molar-refractivity contribution in [3.05, 3.63) is 16.9 Å². The van der Waals surface area contributed by atoms with Gasteiger partial charge in [0.15, 0.2) is 5.78 Å². The molecule has 0 aromatic carbocycles. The van der Waals surface area contributed by atoms with Gasteiger partial charge < -0.3 is 4.42 Å². The predicted octanol–water partition coefficient (Wildman–Crippen LogP) is 2.87. The average Bonchev–Trinajstić information content (AvgIpc) is 2.64. The molecule has 19 heavy (non-hydrogen) atoms. The smallest absolute Gasteiger partial charge is 0.233 e. The third kappa shape index (κ3) is 2.96. The number of nitriles is 1. The number of carbonyl (C=O) groups excluding carboxylic acids is 2. The van der Waals surface area contributed by atoms with Crippen LogP contribution in [0.15, 0.2) is 4.42 Å². The van der Waals surface area contributed by atoms with E-state index in [9.17, 15) is 9.59 Å². The van der Waals surface area contributed by atoms with Crippen molar-refractivity contribution in [3.63, 3.8) is 0 Å². The van der Waals surface area contributed by atoms with Gasteiger partial charge >= 0.3 is 0 Å². The third-order valence-electron chi connectivity index (χ3n) is 2.72. The molecule has 0 unspecified atom stereocenters. The fourth-order valence-corrected chi connectivity index (χ4v) is 1.62. The van der Waals surface area contributed by atoms with E-state index in [1.54, 1.807) is 20.8 Å². The minimum absolute atomic E-state index is 0.00612. The van der Waals surface area contributed by atoms with Crippen LogP contribution in [0.5, 0.6) is 0 Å².